The molecule has 0 radical (unpaired) electrons. The summed E-state index contributed by atoms with van der Waals surface area (Å²) in [5, 5.41) is 28.8. The molecule has 0 spiro atoms. The third kappa shape index (κ3) is 11.6. The Labute approximate surface area is 272 Å². The average Bonchev–Trinajstić information content (AvgIpc) is 3.06. The summed E-state index contributed by atoms with van der Waals surface area (Å²) in [5.41, 5.74) is 13.7. The second-order valence-corrected chi connectivity index (χ2v) is 12.0. The van der Waals surface area contributed by atoms with Crippen molar-refractivity contribution in [3.8, 4) is 0 Å². The number of carbonyl (C=O) groups is 3. The molecule has 2 aromatic rings. The molecule has 14 heteroatoms. The maximum absolute atomic E-state index is 13.9. The Morgan fingerprint density at radius 2 is 1.47 bits per heavy atom. The van der Waals surface area contributed by atoms with E-state index in [-0.39, 0.29) is 29.5 Å². The molecule has 2 amide bonds. The molecule has 9 N–H and O–H groups in total. The summed E-state index contributed by atoms with van der Waals surface area (Å²) in [6.45, 7) is 2.02. The van der Waals surface area contributed by atoms with Gasteiger partial charge in [-0.1, -0.05) is 73.9 Å². The molecule has 11 nitrogen and oxygen atoms in total. The number of hydrogen-bond acceptors (Lipinski definition) is 5. The number of carbonyl (C=O) groups excluding carboxylic acids is 2. The topological polar surface area (TPSA) is 198 Å². The van der Waals surface area contributed by atoms with Gasteiger partial charge in [0.2, 0.25) is 11.8 Å². The average molecular weight is 660 g/mol. The number of nitrogens with one attached hydrogen (secondary N) is 4. The number of guanidine groups is 1. The SMILES string of the molecule is N=C(N)c1ccc(CC(C(=O)N[C@H](C(=O)NCC2CCN(C(=N)N)CC2)C2CCCCC2)c2ccccc2)cc1.O=C(O)C(F)(F)F. The molecule has 1 saturated heterocycles. The predicted octanol–water partition coefficient (Wildman–Crippen LogP) is 3.72. The molecule has 0 aromatic heterocycles. The summed E-state index contributed by atoms with van der Waals surface area (Å²) in [5.74, 6) is -2.92. The molecule has 4 rings (SSSR count). The van der Waals surface area contributed by atoms with Gasteiger partial charge in [0, 0.05) is 25.2 Å². The van der Waals surface area contributed by atoms with Gasteiger partial charge >= 0.3 is 12.1 Å². The van der Waals surface area contributed by atoms with Crippen molar-refractivity contribution in [1.29, 1.82) is 10.8 Å². The lowest BCUT2D eigenvalue weighted by Crippen LogP contribution is -2.53. The zero-order chi connectivity index (χ0) is 34.6. The van der Waals surface area contributed by atoms with E-state index >= 15 is 0 Å². The molecule has 2 fully saturated rings. The number of carboxylic acid groups (broad SMARTS) is 1. The number of hydrogen-bond donors (Lipinski definition) is 7. The summed E-state index contributed by atoms with van der Waals surface area (Å²) in [7, 11) is 0. The van der Waals surface area contributed by atoms with Crippen LogP contribution in [0.25, 0.3) is 0 Å². The van der Waals surface area contributed by atoms with Gasteiger partial charge in [0.1, 0.15) is 11.9 Å². The van der Waals surface area contributed by atoms with Crippen LogP contribution < -0.4 is 22.1 Å². The van der Waals surface area contributed by atoms with Crippen LogP contribution in [0.3, 0.4) is 0 Å². The molecule has 1 aliphatic heterocycles. The first kappa shape index (κ1) is 36.8. The van der Waals surface area contributed by atoms with Crippen LogP contribution in [0.4, 0.5) is 13.2 Å². The number of nitrogens with zero attached hydrogens (tertiary/aromatic N) is 1. The lowest BCUT2D eigenvalue weighted by atomic mass is 9.82. The summed E-state index contributed by atoms with van der Waals surface area (Å²) < 4.78 is 31.7. The first-order valence-electron chi connectivity index (χ1n) is 15.7. The number of likely N-dealkylation sites (tertiary alicyclic amines) is 1. The van der Waals surface area contributed by atoms with E-state index < -0.39 is 24.1 Å². The van der Waals surface area contributed by atoms with E-state index in [9.17, 15) is 22.8 Å². The smallest absolute Gasteiger partial charge is 0.475 e. The van der Waals surface area contributed by atoms with Crippen LogP contribution in [0.1, 0.15) is 67.6 Å². The lowest BCUT2D eigenvalue weighted by molar-refractivity contribution is -0.192. The third-order valence-corrected chi connectivity index (χ3v) is 8.69. The maximum Gasteiger partial charge on any atom is 0.490 e. The largest absolute Gasteiger partial charge is 0.490 e. The van der Waals surface area contributed by atoms with Crippen molar-refractivity contribution in [2.45, 2.75) is 69.5 Å². The fraction of sp³-hybridized carbons (Fsp3) is 0.485. The highest BCUT2D eigenvalue weighted by Crippen LogP contribution is 2.29. The van der Waals surface area contributed by atoms with Crippen molar-refractivity contribution >= 4 is 29.6 Å². The normalized spacial score (nSPS) is 17.0. The highest BCUT2D eigenvalue weighted by Gasteiger charge is 2.38. The number of halogens is 3. The van der Waals surface area contributed by atoms with Crippen LogP contribution in [0.5, 0.6) is 0 Å². The molecule has 256 valence electrons. The zero-order valence-electron chi connectivity index (χ0n) is 26.2. The molecule has 2 atom stereocenters. The van der Waals surface area contributed by atoms with Gasteiger partial charge in [-0.15, -0.1) is 0 Å². The van der Waals surface area contributed by atoms with Crippen LogP contribution in [0.2, 0.25) is 0 Å². The van der Waals surface area contributed by atoms with Crippen molar-refractivity contribution < 1.29 is 32.7 Å². The van der Waals surface area contributed by atoms with Gasteiger partial charge in [0.15, 0.2) is 5.96 Å². The van der Waals surface area contributed by atoms with Crippen molar-refractivity contribution in [3.63, 3.8) is 0 Å². The number of alkyl halides is 3. The fourth-order valence-electron chi connectivity index (χ4n) is 5.96. The maximum atomic E-state index is 13.9. The van der Waals surface area contributed by atoms with Gasteiger partial charge in [-0.05, 0) is 55.1 Å². The van der Waals surface area contributed by atoms with Crippen LogP contribution >= 0.6 is 0 Å². The number of nitrogen functional groups attached to an aromatic ring is 1. The molecule has 2 aromatic carbocycles. The van der Waals surface area contributed by atoms with Crippen molar-refractivity contribution in [3.05, 3.63) is 71.3 Å². The van der Waals surface area contributed by atoms with E-state index in [0.717, 1.165) is 69.2 Å². The number of amidine groups is 1. The van der Waals surface area contributed by atoms with Crippen molar-refractivity contribution in [1.82, 2.24) is 15.5 Å². The summed E-state index contributed by atoms with van der Waals surface area (Å²) in [6, 6.07) is 16.5. The van der Waals surface area contributed by atoms with Gasteiger partial charge in [-0.3, -0.25) is 20.4 Å². The van der Waals surface area contributed by atoms with Crippen LogP contribution in [-0.2, 0) is 20.8 Å². The monoisotopic (exact) mass is 659 g/mol. The van der Waals surface area contributed by atoms with E-state index in [1.165, 1.54) is 0 Å². The molecule has 0 bridgehead atoms. The minimum atomic E-state index is -5.08. The number of benzene rings is 2. The standard InChI is InChI=1S/C31H43N7O2.C2HF3O2/c32-28(33)25-13-11-21(12-14-25)19-26(23-7-3-1-4-8-23)29(39)37-27(24-9-5-2-6-10-24)30(40)36-20-22-15-17-38(18-16-22)31(34)35;3-2(4,5)1(6)7/h1,3-4,7-8,11-14,22,24,26-27H,2,5-6,9-10,15-20H2,(H3,32,33)(H3,34,35)(H,36,40)(H,37,39);(H,6,7)/t26?,27-;/m0./s1. The first-order chi connectivity index (χ1) is 22.3. The number of nitrogens with two attached hydrogens (primary N) is 2. The van der Waals surface area contributed by atoms with E-state index in [1.54, 1.807) is 12.1 Å². The molecule has 2 aliphatic rings. The Kier molecular flexibility index (Phi) is 13.6. The Hall–Kier alpha value is -4.62. The Bertz CT molecular complexity index is 1360. The third-order valence-electron chi connectivity index (χ3n) is 8.69. The molecule has 1 saturated carbocycles. The van der Waals surface area contributed by atoms with E-state index in [4.69, 9.17) is 32.2 Å². The van der Waals surface area contributed by atoms with Gasteiger partial charge in [-0.25, -0.2) is 4.79 Å². The number of piperidine rings is 1. The fourth-order valence-corrected chi connectivity index (χ4v) is 5.96. The number of rotatable bonds is 10. The Balaban J connectivity index is 0.000000771. The van der Waals surface area contributed by atoms with E-state index in [1.807, 2.05) is 47.4 Å². The van der Waals surface area contributed by atoms with Gasteiger partial charge in [-0.2, -0.15) is 13.2 Å². The first-order valence-corrected chi connectivity index (χ1v) is 15.7. The molecule has 1 heterocycles. The zero-order valence-corrected chi connectivity index (χ0v) is 26.2. The van der Waals surface area contributed by atoms with Gasteiger partial charge in [0.05, 0.1) is 5.92 Å². The van der Waals surface area contributed by atoms with Gasteiger partial charge in [0.25, 0.3) is 0 Å². The number of aliphatic carboxylic acids is 1. The summed E-state index contributed by atoms with van der Waals surface area (Å²) in [6.07, 6.45) is 2.29. The number of amides is 2. The van der Waals surface area contributed by atoms with Gasteiger partial charge < -0.3 is 32.1 Å². The van der Waals surface area contributed by atoms with Crippen LogP contribution in [0, 0.1) is 22.7 Å². The molecule has 47 heavy (non-hydrogen) atoms. The highest BCUT2D eigenvalue weighted by atomic mass is 19.4. The number of carboxylic acids is 1. The van der Waals surface area contributed by atoms with Crippen LogP contribution in [0.15, 0.2) is 54.6 Å². The quantitative estimate of drug-likeness (QED) is 0.149. The Morgan fingerprint density at radius 1 is 0.894 bits per heavy atom. The van der Waals surface area contributed by atoms with Crippen molar-refractivity contribution in [2.24, 2.45) is 23.3 Å². The molecule has 1 aliphatic carbocycles. The van der Waals surface area contributed by atoms with E-state index in [2.05, 4.69) is 10.6 Å². The van der Waals surface area contributed by atoms with Crippen LogP contribution in [-0.4, -0.2) is 71.4 Å². The highest BCUT2D eigenvalue weighted by molar-refractivity contribution is 5.95. The molecular weight excluding hydrogens is 615 g/mol. The minimum Gasteiger partial charge on any atom is -0.475 e. The summed E-state index contributed by atoms with van der Waals surface area (Å²) >= 11 is 0. The van der Waals surface area contributed by atoms with Crippen molar-refractivity contribution in [2.75, 3.05) is 19.6 Å². The summed E-state index contributed by atoms with van der Waals surface area (Å²) in [4.78, 5) is 38.3. The second kappa shape index (κ2) is 17.3. The second-order valence-electron chi connectivity index (χ2n) is 12.0. The lowest BCUT2D eigenvalue weighted by Gasteiger charge is -2.34. The predicted molar refractivity (Wildman–Crippen MR) is 172 cm³/mol. The molecule has 1 unspecified atom stereocenters. The van der Waals surface area contributed by atoms with E-state index in [0.29, 0.717) is 24.4 Å². The molecular formula is C33H44F3N7O4. The Morgan fingerprint density at radius 3 is 1.98 bits per heavy atom. The minimum absolute atomic E-state index is 0.00893.